The number of methoxy groups -OCH3 is 1. The van der Waals surface area contributed by atoms with Crippen molar-refractivity contribution in [2.45, 2.75) is 26.3 Å². The van der Waals surface area contributed by atoms with Gasteiger partial charge in [-0.3, -0.25) is 4.79 Å². The molecule has 1 aromatic rings. The molecule has 0 aromatic heterocycles. The topological polar surface area (TPSA) is 110 Å². The molecular formula is C18H25NO7S. The van der Waals surface area contributed by atoms with Crippen LogP contribution in [0.5, 0.6) is 11.5 Å². The molecule has 27 heavy (non-hydrogen) atoms. The molecule has 1 atom stereocenters. The summed E-state index contributed by atoms with van der Waals surface area (Å²) in [5.74, 6) is -1.10. The Kier molecular flexibility index (Phi) is 6.69. The molecule has 1 aliphatic heterocycles. The van der Waals surface area contributed by atoms with E-state index in [-0.39, 0.29) is 28.7 Å². The minimum absolute atomic E-state index is 0.0546. The van der Waals surface area contributed by atoms with Crippen molar-refractivity contribution in [1.82, 2.24) is 4.90 Å². The van der Waals surface area contributed by atoms with Crippen molar-refractivity contribution < 1.29 is 32.6 Å². The summed E-state index contributed by atoms with van der Waals surface area (Å²) in [7, 11) is -1.71. The highest BCUT2D eigenvalue weighted by atomic mass is 32.2. The van der Waals surface area contributed by atoms with Gasteiger partial charge in [-0.05, 0) is 24.5 Å². The molecule has 1 fully saturated rings. The minimum Gasteiger partial charge on any atom is -0.507 e. The Hall–Kier alpha value is -2.29. The van der Waals surface area contributed by atoms with E-state index in [1.54, 1.807) is 0 Å². The summed E-state index contributed by atoms with van der Waals surface area (Å²) in [4.78, 5) is 26.2. The highest BCUT2D eigenvalue weighted by Crippen LogP contribution is 2.24. The first-order chi connectivity index (χ1) is 12.6. The summed E-state index contributed by atoms with van der Waals surface area (Å²) >= 11 is 0. The summed E-state index contributed by atoms with van der Waals surface area (Å²) in [5, 5.41) is 9.87. The average Bonchev–Trinajstić information content (AvgIpc) is 2.96. The van der Waals surface area contributed by atoms with Crippen molar-refractivity contribution in [3.05, 3.63) is 23.8 Å². The normalized spacial score (nSPS) is 18.3. The van der Waals surface area contributed by atoms with Gasteiger partial charge in [0.25, 0.3) is 5.91 Å². The van der Waals surface area contributed by atoms with Crippen molar-refractivity contribution in [2.24, 2.45) is 5.92 Å². The third-order valence-corrected chi connectivity index (χ3v) is 6.03. The maximum atomic E-state index is 12.6. The molecule has 2 rings (SSSR count). The van der Waals surface area contributed by atoms with Crippen molar-refractivity contribution in [3.8, 4) is 11.5 Å². The number of rotatable bonds is 7. The quantitative estimate of drug-likeness (QED) is 0.687. The second-order valence-corrected chi connectivity index (χ2v) is 9.18. The number of ether oxygens (including phenoxy) is 2. The SMILES string of the molecule is COc1ccc(C(=O)OCC(=O)N(CC(C)C)C2CCS(=O)(=O)C2)c(O)c1. The number of nitrogens with zero attached hydrogens (tertiary/aromatic N) is 1. The van der Waals surface area contributed by atoms with Crippen molar-refractivity contribution in [2.75, 3.05) is 31.8 Å². The fourth-order valence-corrected chi connectivity index (χ4v) is 4.70. The van der Waals surface area contributed by atoms with Gasteiger partial charge < -0.3 is 19.5 Å². The van der Waals surface area contributed by atoms with Crippen molar-refractivity contribution in [1.29, 1.82) is 0 Å². The number of amides is 1. The monoisotopic (exact) mass is 399 g/mol. The predicted octanol–water partition coefficient (Wildman–Crippen LogP) is 1.23. The molecule has 8 nitrogen and oxygen atoms in total. The smallest absolute Gasteiger partial charge is 0.342 e. The minimum atomic E-state index is -3.14. The van der Waals surface area contributed by atoms with Crippen LogP contribution in [0, 0.1) is 5.92 Å². The first-order valence-corrected chi connectivity index (χ1v) is 10.5. The largest absolute Gasteiger partial charge is 0.507 e. The standard InChI is InChI=1S/C18H25NO7S/c1-12(2)9-19(13-6-7-27(23,24)11-13)17(21)10-26-18(22)15-5-4-14(25-3)8-16(15)20/h4-5,8,12-13,20H,6-7,9-11H2,1-3H3. The molecule has 1 N–H and O–H groups in total. The number of hydrogen-bond donors (Lipinski definition) is 1. The Morgan fingerprint density at radius 1 is 1.33 bits per heavy atom. The van der Waals surface area contributed by atoms with Crippen LogP contribution in [0.2, 0.25) is 0 Å². The molecule has 0 spiro atoms. The second kappa shape index (κ2) is 8.60. The number of phenolic OH excluding ortho intramolecular Hbond substituents is 1. The molecule has 1 heterocycles. The molecule has 0 saturated carbocycles. The number of carbonyl (C=O) groups is 2. The number of benzene rings is 1. The van der Waals surface area contributed by atoms with Crippen molar-refractivity contribution >= 4 is 21.7 Å². The lowest BCUT2D eigenvalue weighted by molar-refractivity contribution is -0.137. The molecule has 1 aliphatic rings. The van der Waals surface area contributed by atoms with Crippen LogP contribution >= 0.6 is 0 Å². The van der Waals surface area contributed by atoms with Crippen LogP contribution in [-0.4, -0.2) is 68.1 Å². The lowest BCUT2D eigenvalue weighted by Gasteiger charge is -2.29. The number of carbonyl (C=O) groups excluding carboxylic acids is 2. The van der Waals surface area contributed by atoms with E-state index in [1.165, 1.54) is 30.2 Å². The van der Waals surface area contributed by atoms with Crippen LogP contribution in [0.25, 0.3) is 0 Å². The van der Waals surface area contributed by atoms with Crippen LogP contribution in [0.4, 0.5) is 0 Å². The zero-order valence-electron chi connectivity index (χ0n) is 15.7. The van der Waals surface area contributed by atoms with E-state index < -0.39 is 34.4 Å². The Bertz CT molecular complexity index is 804. The maximum absolute atomic E-state index is 12.6. The molecule has 150 valence electrons. The number of phenols is 1. The maximum Gasteiger partial charge on any atom is 0.342 e. The van der Waals surface area contributed by atoms with E-state index in [4.69, 9.17) is 9.47 Å². The highest BCUT2D eigenvalue weighted by Gasteiger charge is 2.35. The molecule has 1 unspecified atom stereocenters. The number of esters is 1. The van der Waals surface area contributed by atoms with Crippen LogP contribution in [-0.2, 0) is 19.4 Å². The van der Waals surface area contributed by atoms with Crippen LogP contribution in [0.1, 0.15) is 30.6 Å². The molecule has 9 heteroatoms. The predicted molar refractivity (Wildman–Crippen MR) is 98.6 cm³/mol. The molecule has 1 amide bonds. The van der Waals surface area contributed by atoms with Crippen LogP contribution < -0.4 is 4.74 Å². The van der Waals surface area contributed by atoms with E-state index in [9.17, 15) is 23.1 Å². The lowest BCUT2D eigenvalue weighted by Crippen LogP contribution is -2.45. The zero-order valence-corrected chi connectivity index (χ0v) is 16.5. The summed E-state index contributed by atoms with van der Waals surface area (Å²) < 4.78 is 33.5. The molecule has 1 aromatic carbocycles. The number of sulfone groups is 1. The fourth-order valence-electron chi connectivity index (χ4n) is 2.97. The van der Waals surface area contributed by atoms with Gasteiger partial charge in [-0.25, -0.2) is 13.2 Å². The zero-order chi connectivity index (χ0) is 20.2. The van der Waals surface area contributed by atoms with E-state index in [0.29, 0.717) is 18.7 Å². The first-order valence-electron chi connectivity index (χ1n) is 8.67. The van der Waals surface area contributed by atoms with Gasteiger partial charge >= 0.3 is 5.97 Å². The average molecular weight is 399 g/mol. The van der Waals surface area contributed by atoms with Crippen LogP contribution in [0.3, 0.4) is 0 Å². The van der Waals surface area contributed by atoms with E-state index >= 15 is 0 Å². The van der Waals surface area contributed by atoms with Gasteiger partial charge in [-0.2, -0.15) is 0 Å². The highest BCUT2D eigenvalue weighted by molar-refractivity contribution is 7.91. The second-order valence-electron chi connectivity index (χ2n) is 6.96. The third-order valence-electron chi connectivity index (χ3n) is 4.28. The number of aromatic hydroxyl groups is 1. The van der Waals surface area contributed by atoms with Gasteiger partial charge in [0.1, 0.15) is 17.1 Å². The van der Waals surface area contributed by atoms with Gasteiger partial charge in [0.2, 0.25) is 0 Å². The van der Waals surface area contributed by atoms with Crippen LogP contribution in [0.15, 0.2) is 18.2 Å². The summed E-state index contributed by atoms with van der Waals surface area (Å²) in [6.45, 7) is 3.70. The van der Waals surface area contributed by atoms with Gasteiger partial charge in [-0.15, -0.1) is 0 Å². The Morgan fingerprint density at radius 2 is 2.04 bits per heavy atom. The summed E-state index contributed by atoms with van der Waals surface area (Å²) in [6.07, 6.45) is 0.383. The van der Waals surface area contributed by atoms with Gasteiger partial charge in [0.15, 0.2) is 16.4 Å². The molecular weight excluding hydrogens is 374 g/mol. The van der Waals surface area contributed by atoms with Crippen molar-refractivity contribution in [3.63, 3.8) is 0 Å². The Balaban J connectivity index is 2.03. The van der Waals surface area contributed by atoms with Gasteiger partial charge in [0, 0.05) is 18.7 Å². The lowest BCUT2D eigenvalue weighted by atomic mass is 10.1. The van der Waals surface area contributed by atoms with Gasteiger partial charge in [0.05, 0.1) is 18.6 Å². The third kappa shape index (κ3) is 5.59. The molecule has 0 bridgehead atoms. The summed E-state index contributed by atoms with van der Waals surface area (Å²) in [5.41, 5.74) is -0.0811. The van der Waals surface area contributed by atoms with E-state index in [2.05, 4.69) is 0 Å². The Labute approximate surface area is 159 Å². The summed E-state index contributed by atoms with van der Waals surface area (Å²) in [6, 6.07) is 3.70. The fraction of sp³-hybridized carbons (Fsp3) is 0.556. The van der Waals surface area contributed by atoms with E-state index in [0.717, 1.165) is 0 Å². The first kappa shape index (κ1) is 21.0. The number of hydrogen-bond acceptors (Lipinski definition) is 7. The molecule has 0 aliphatic carbocycles. The molecule has 1 saturated heterocycles. The van der Waals surface area contributed by atoms with Gasteiger partial charge in [-0.1, -0.05) is 13.8 Å². The van der Waals surface area contributed by atoms with E-state index in [1.807, 2.05) is 13.8 Å². The molecule has 0 radical (unpaired) electrons. The Morgan fingerprint density at radius 3 is 2.56 bits per heavy atom.